The van der Waals surface area contributed by atoms with E-state index in [1.54, 1.807) is 0 Å². The monoisotopic (exact) mass is 398 g/mol. The number of furan rings is 1. The van der Waals surface area contributed by atoms with Gasteiger partial charge in [0.25, 0.3) is 0 Å². The van der Waals surface area contributed by atoms with Crippen LogP contribution in [0.2, 0.25) is 0 Å². The molecule has 0 bridgehead atoms. The average molecular weight is 397 g/mol. The summed E-state index contributed by atoms with van der Waals surface area (Å²) in [7, 11) is 12.9. The van der Waals surface area contributed by atoms with E-state index in [1.165, 1.54) is 16.4 Å². The third-order valence-corrected chi connectivity index (χ3v) is 7.43. The number of hydrogen-bond acceptors (Lipinski definition) is 3. The van der Waals surface area contributed by atoms with Crippen molar-refractivity contribution in [2.45, 2.75) is 19.1 Å². The fourth-order valence-corrected chi connectivity index (χ4v) is 4.40. The van der Waals surface area contributed by atoms with Gasteiger partial charge in [-0.1, -0.05) is 53.5 Å². The molecule has 0 atom stereocenters. The zero-order valence-electron chi connectivity index (χ0n) is 19.8. The minimum Gasteiger partial charge on any atom is -0.455 e. The van der Waals surface area contributed by atoms with E-state index in [0.29, 0.717) is 11.5 Å². The van der Waals surface area contributed by atoms with E-state index in [1.807, 2.05) is 12.1 Å². The fraction of sp³-hybridized carbons (Fsp3) is 0.182. The highest BCUT2D eigenvalue weighted by molar-refractivity contribution is 6.62. The molecule has 31 heavy (non-hydrogen) atoms. The number of nitriles is 1. The van der Waals surface area contributed by atoms with Gasteiger partial charge in [0.1, 0.15) is 50.4 Å². The molecule has 2 aromatic carbocycles. The van der Waals surface area contributed by atoms with Crippen molar-refractivity contribution in [2.75, 3.05) is 0 Å². The highest BCUT2D eigenvalue weighted by Gasteiger charge is 2.32. The quantitative estimate of drug-likeness (QED) is 0.339. The third kappa shape index (κ3) is 3.16. The molecule has 146 valence electrons. The highest BCUT2D eigenvalue weighted by atomic mass is 16.3. The molecular weight excluding hydrogens is 373 g/mol. The Bertz CT molecular complexity index is 1400. The molecule has 9 heteroatoms. The molecule has 0 spiro atoms. The van der Waals surface area contributed by atoms with Gasteiger partial charge in [-0.15, -0.1) is 0 Å². The van der Waals surface area contributed by atoms with E-state index in [2.05, 4.69) is 85.2 Å². The summed E-state index contributed by atoms with van der Waals surface area (Å²) in [5.41, 5.74) is 10.0. The molecule has 4 aromatic rings. The first-order chi connectivity index (χ1) is 14.6. The minimum atomic E-state index is -0.205. The lowest BCUT2D eigenvalue weighted by Gasteiger charge is -2.30. The fourth-order valence-electron chi connectivity index (χ4n) is 4.40. The Morgan fingerprint density at radius 2 is 1.61 bits per heavy atom. The van der Waals surface area contributed by atoms with Crippen molar-refractivity contribution in [3.63, 3.8) is 0 Å². The Labute approximate surface area is 189 Å². The van der Waals surface area contributed by atoms with Crippen LogP contribution < -0.4 is 22.0 Å². The Hall–Kier alpha value is -2.73. The number of hydrogen-bond donors (Lipinski definition) is 0. The molecule has 0 aliphatic rings. The molecule has 3 nitrogen and oxygen atoms in total. The van der Waals surface area contributed by atoms with E-state index in [9.17, 15) is 5.26 Å². The van der Waals surface area contributed by atoms with Crippen molar-refractivity contribution in [3.05, 3.63) is 41.5 Å². The normalized spacial score (nSPS) is 11.9. The topological polar surface area (TPSA) is 49.8 Å². The van der Waals surface area contributed by atoms with Gasteiger partial charge in [0.2, 0.25) is 0 Å². The predicted octanol–water partition coefficient (Wildman–Crippen LogP) is -3.37. The summed E-state index contributed by atoms with van der Waals surface area (Å²) in [6, 6.07) is 12.6. The number of pyridine rings is 1. The molecule has 0 unspecified atom stereocenters. The number of aromatic nitrogens is 1. The van der Waals surface area contributed by atoms with Gasteiger partial charge in [-0.3, -0.25) is 4.98 Å². The molecule has 0 saturated carbocycles. The van der Waals surface area contributed by atoms with E-state index in [4.69, 9.17) is 9.40 Å². The number of para-hydroxylation sites is 1. The predicted molar refractivity (Wildman–Crippen MR) is 148 cm³/mol. The van der Waals surface area contributed by atoms with Crippen LogP contribution in [0.15, 0.2) is 34.7 Å². The Morgan fingerprint density at radius 1 is 0.935 bits per heavy atom. The first-order valence-corrected chi connectivity index (χ1v) is 10.9. The summed E-state index contributed by atoms with van der Waals surface area (Å²) in [5.74, 6) is 0.351. The van der Waals surface area contributed by atoms with E-state index in [0.717, 1.165) is 44.4 Å². The van der Waals surface area contributed by atoms with Gasteiger partial charge < -0.3 is 4.42 Å². The van der Waals surface area contributed by atoms with Crippen LogP contribution in [0, 0.1) is 17.2 Å². The van der Waals surface area contributed by atoms with Crippen LogP contribution in [0.25, 0.3) is 33.2 Å². The Balaban J connectivity index is 2.14. The van der Waals surface area contributed by atoms with Crippen molar-refractivity contribution in [3.8, 4) is 17.3 Å². The summed E-state index contributed by atoms with van der Waals surface area (Å²) < 4.78 is 6.62. The zero-order valence-corrected chi connectivity index (χ0v) is 19.8. The van der Waals surface area contributed by atoms with Gasteiger partial charge in [-0.05, 0) is 23.8 Å². The summed E-state index contributed by atoms with van der Waals surface area (Å²) >= 11 is 0. The largest absolute Gasteiger partial charge is 0.455 e. The van der Waals surface area contributed by atoms with E-state index >= 15 is 0 Å². The SMILES string of the molecule is Bc1nc(-c2cccc3c2oc2c(C(B)(B)C(C)C)c(C#N)ccc23)c(B)c(B)c1B. The van der Waals surface area contributed by atoms with Crippen LogP contribution in [0.5, 0.6) is 0 Å². The molecule has 0 amide bonds. The van der Waals surface area contributed by atoms with Crippen molar-refractivity contribution < 1.29 is 4.42 Å². The molecule has 0 saturated heterocycles. The number of nitrogens with zero attached hydrogens (tertiary/aromatic N) is 2. The first-order valence-electron chi connectivity index (χ1n) is 10.9. The number of fused-ring (bicyclic) bond motifs is 3. The summed E-state index contributed by atoms with van der Waals surface area (Å²) in [4.78, 5) is 4.94. The smallest absolute Gasteiger partial charge is 0.163 e. The molecular formula is C22H24B6N2O. The van der Waals surface area contributed by atoms with Crippen molar-refractivity contribution in [2.24, 2.45) is 5.92 Å². The van der Waals surface area contributed by atoms with E-state index in [-0.39, 0.29) is 5.21 Å². The lowest BCUT2D eigenvalue weighted by Crippen LogP contribution is -2.49. The van der Waals surface area contributed by atoms with Crippen LogP contribution in [0.3, 0.4) is 0 Å². The second-order valence-corrected chi connectivity index (χ2v) is 9.56. The molecule has 0 fully saturated rings. The standard InChI is InChI=1S/C22H24B6N2O/c1-9(2)22(27,28)14-10(8-29)6-7-12-11-4-3-5-13(19(11)31-20(12)14)18-16(24)15(23)17(25)21(26)30-18/h3-7,9H,23-28H2,1-2H3. The summed E-state index contributed by atoms with van der Waals surface area (Å²) in [5, 5.41) is 11.8. The van der Waals surface area contributed by atoms with Crippen molar-refractivity contribution in [1.29, 1.82) is 5.26 Å². The van der Waals surface area contributed by atoms with Gasteiger partial charge in [0.05, 0.1) is 17.3 Å². The lowest BCUT2D eigenvalue weighted by atomic mass is 9.45. The van der Waals surface area contributed by atoms with Gasteiger partial charge >= 0.3 is 0 Å². The van der Waals surface area contributed by atoms with Crippen molar-refractivity contribution >= 4 is 91.0 Å². The number of benzene rings is 2. The van der Waals surface area contributed by atoms with E-state index < -0.39 is 0 Å². The average Bonchev–Trinajstić information content (AvgIpc) is 3.12. The van der Waals surface area contributed by atoms with Crippen molar-refractivity contribution in [1.82, 2.24) is 4.98 Å². The molecule has 0 aliphatic carbocycles. The molecule has 0 radical (unpaired) electrons. The van der Waals surface area contributed by atoms with Crippen LogP contribution in [-0.2, 0) is 5.21 Å². The second kappa shape index (κ2) is 7.45. The second-order valence-electron chi connectivity index (χ2n) is 9.56. The van der Waals surface area contributed by atoms with Gasteiger partial charge in [0.15, 0.2) is 7.85 Å². The third-order valence-electron chi connectivity index (χ3n) is 7.43. The lowest BCUT2D eigenvalue weighted by molar-refractivity contribution is 0.560. The van der Waals surface area contributed by atoms with Crippen LogP contribution in [0.1, 0.15) is 25.0 Å². The zero-order chi connectivity index (χ0) is 22.7. The summed E-state index contributed by atoms with van der Waals surface area (Å²) in [6.45, 7) is 4.39. The maximum atomic E-state index is 9.85. The highest BCUT2D eigenvalue weighted by Crippen LogP contribution is 2.41. The van der Waals surface area contributed by atoms with Gasteiger partial charge in [-0.2, -0.15) is 5.26 Å². The maximum Gasteiger partial charge on any atom is 0.163 e. The minimum absolute atomic E-state index is 0.205. The van der Waals surface area contributed by atoms with Crippen LogP contribution >= 0.6 is 0 Å². The Morgan fingerprint density at radius 3 is 2.26 bits per heavy atom. The maximum absolute atomic E-state index is 9.85. The number of rotatable bonds is 3. The Kier molecular flexibility index (Phi) is 5.16. The first kappa shape index (κ1) is 21.5. The molecule has 0 N–H and O–H groups in total. The molecule has 0 aliphatic heterocycles. The van der Waals surface area contributed by atoms with Gasteiger partial charge in [0, 0.05) is 21.9 Å². The van der Waals surface area contributed by atoms with Crippen LogP contribution in [0.4, 0.5) is 0 Å². The molecule has 2 heterocycles. The van der Waals surface area contributed by atoms with Gasteiger partial charge in [-0.25, -0.2) is 0 Å². The van der Waals surface area contributed by atoms with Crippen LogP contribution in [-0.4, -0.2) is 52.1 Å². The molecule has 4 rings (SSSR count). The summed E-state index contributed by atoms with van der Waals surface area (Å²) in [6.07, 6.45) is 0. The molecule has 2 aromatic heterocycles.